The van der Waals surface area contributed by atoms with Crippen LogP contribution in [0.4, 0.5) is 5.69 Å². The summed E-state index contributed by atoms with van der Waals surface area (Å²) in [6.07, 6.45) is 2.63. The summed E-state index contributed by atoms with van der Waals surface area (Å²) in [7, 11) is 4.83. The van der Waals surface area contributed by atoms with E-state index in [0.717, 1.165) is 22.0 Å². The van der Waals surface area contributed by atoms with Crippen molar-refractivity contribution < 1.29 is 24.0 Å². The summed E-state index contributed by atoms with van der Waals surface area (Å²) in [4.78, 5) is 42.6. The Labute approximate surface area is 232 Å². The van der Waals surface area contributed by atoms with Crippen molar-refractivity contribution in [2.45, 2.75) is 25.8 Å². The van der Waals surface area contributed by atoms with Crippen LogP contribution in [0.1, 0.15) is 27.0 Å². The van der Waals surface area contributed by atoms with Crippen LogP contribution in [-0.2, 0) is 17.6 Å². The van der Waals surface area contributed by atoms with E-state index in [0.29, 0.717) is 30.0 Å². The summed E-state index contributed by atoms with van der Waals surface area (Å²) < 4.78 is 10.7. The number of methoxy groups -OCH3 is 2. The highest BCUT2D eigenvalue weighted by molar-refractivity contribution is 5.98. The molecule has 0 spiro atoms. The van der Waals surface area contributed by atoms with Crippen LogP contribution in [0.15, 0.2) is 66.9 Å². The van der Waals surface area contributed by atoms with Gasteiger partial charge in [0.15, 0.2) is 11.5 Å². The Hall–Kier alpha value is -4.86. The first kappa shape index (κ1) is 28.2. The van der Waals surface area contributed by atoms with Gasteiger partial charge in [0.05, 0.1) is 19.1 Å². The van der Waals surface area contributed by atoms with E-state index in [1.54, 1.807) is 33.1 Å². The molecule has 2 amide bonds. The number of benzene rings is 3. The third kappa shape index (κ3) is 6.23. The van der Waals surface area contributed by atoms with Crippen molar-refractivity contribution in [3.05, 3.63) is 99.2 Å². The molecule has 0 aliphatic heterocycles. The molecule has 0 saturated carbocycles. The molecule has 10 heteroatoms. The lowest BCUT2D eigenvalue weighted by molar-refractivity contribution is -0.385. The van der Waals surface area contributed by atoms with Crippen LogP contribution < -0.4 is 14.8 Å². The minimum atomic E-state index is -0.900. The number of hydrogen-bond donors (Lipinski definition) is 2. The van der Waals surface area contributed by atoms with Gasteiger partial charge in [-0.2, -0.15) is 0 Å². The summed E-state index contributed by atoms with van der Waals surface area (Å²) in [6.45, 7) is 2.00. The number of carbonyl (C=O) groups excluding carboxylic acids is 2. The van der Waals surface area contributed by atoms with Crippen molar-refractivity contribution in [3.8, 4) is 11.5 Å². The molecule has 0 fully saturated rings. The van der Waals surface area contributed by atoms with Gasteiger partial charge in [0.25, 0.3) is 11.6 Å². The SMILES string of the molecule is COc1ccc(CCN(C)C(=O)C(Cc2c[nH]c3ccccc23)NC(=O)c2ccc(C)c([N+](=O)[O-])c2)cc1OC. The third-order valence-electron chi connectivity index (χ3n) is 6.93. The van der Waals surface area contributed by atoms with Crippen molar-refractivity contribution >= 4 is 28.4 Å². The molecule has 0 saturated heterocycles. The van der Waals surface area contributed by atoms with E-state index in [-0.39, 0.29) is 23.6 Å². The fourth-order valence-electron chi connectivity index (χ4n) is 4.62. The second kappa shape index (κ2) is 12.3. The number of aryl methyl sites for hydroxylation is 1. The molecule has 0 bridgehead atoms. The van der Waals surface area contributed by atoms with Crippen LogP contribution in [0.3, 0.4) is 0 Å². The molecule has 1 atom stereocenters. The standard InChI is InChI=1S/C30H32N4O6/c1-19-9-11-21(17-26(19)34(37)38)29(35)32-25(16-22-18-31-24-8-6-5-7-23(22)24)30(36)33(2)14-13-20-10-12-27(39-3)28(15-20)40-4/h5-12,15,17-18,25,31H,13-14,16H2,1-4H3,(H,32,35). The Bertz CT molecular complexity index is 1550. The average molecular weight is 545 g/mol. The van der Waals surface area contributed by atoms with Gasteiger partial charge in [-0.1, -0.05) is 30.3 Å². The number of nitrogens with one attached hydrogen (secondary N) is 2. The van der Waals surface area contributed by atoms with Gasteiger partial charge in [0.1, 0.15) is 6.04 Å². The largest absolute Gasteiger partial charge is 0.493 e. The van der Waals surface area contributed by atoms with Gasteiger partial charge in [-0.05, 0) is 48.7 Å². The Morgan fingerprint density at radius 2 is 1.80 bits per heavy atom. The van der Waals surface area contributed by atoms with E-state index in [2.05, 4.69) is 10.3 Å². The highest BCUT2D eigenvalue weighted by atomic mass is 16.6. The Morgan fingerprint density at radius 3 is 2.52 bits per heavy atom. The van der Waals surface area contributed by atoms with E-state index in [1.807, 2.05) is 48.7 Å². The lowest BCUT2D eigenvalue weighted by Gasteiger charge is -2.25. The number of likely N-dealkylation sites (N-methyl/N-ethyl adjacent to an activating group) is 1. The molecule has 4 rings (SSSR count). The minimum Gasteiger partial charge on any atom is -0.493 e. The molecule has 1 aromatic heterocycles. The maximum atomic E-state index is 13.7. The first-order valence-electron chi connectivity index (χ1n) is 12.8. The number of nitrogens with zero attached hydrogens (tertiary/aromatic N) is 2. The van der Waals surface area contributed by atoms with Crippen molar-refractivity contribution in [2.24, 2.45) is 0 Å². The normalized spacial score (nSPS) is 11.6. The number of fused-ring (bicyclic) bond motifs is 1. The maximum Gasteiger partial charge on any atom is 0.273 e. The van der Waals surface area contributed by atoms with Crippen molar-refractivity contribution in [3.63, 3.8) is 0 Å². The number of ether oxygens (including phenoxy) is 2. The lowest BCUT2D eigenvalue weighted by atomic mass is 10.0. The van der Waals surface area contributed by atoms with Gasteiger partial charge in [-0.25, -0.2) is 0 Å². The van der Waals surface area contributed by atoms with Gasteiger partial charge < -0.3 is 24.7 Å². The van der Waals surface area contributed by atoms with Crippen LogP contribution in [-0.4, -0.2) is 60.5 Å². The zero-order valence-electron chi connectivity index (χ0n) is 22.9. The van der Waals surface area contributed by atoms with Gasteiger partial charge in [-0.3, -0.25) is 19.7 Å². The molecule has 1 heterocycles. The summed E-state index contributed by atoms with van der Waals surface area (Å²) in [5, 5.41) is 15.2. The third-order valence-corrected chi connectivity index (χ3v) is 6.93. The van der Waals surface area contributed by atoms with Crippen LogP contribution >= 0.6 is 0 Å². The number of hydrogen-bond acceptors (Lipinski definition) is 6. The second-order valence-corrected chi connectivity index (χ2v) is 9.55. The second-order valence-electron chi connectivity index (χ2n) is 9.55. The molecule has 10 nitrogen and oxygen atoms in total. The molecule has 0 aliphatic rings. The van der Waals surface area contributed by atoms with E-state index in [9.17, 15) is 19.7 Å². The average Bonchev–Trinajstić information content (AvgIpc) is 3.37. The van der Waals surface area contributed by atoms with E-state index in [1.165, 1.54) is 18.2 Å². The number of nitro benzene ring substituents is 1. The number of aromatic amines is 1. The van der Waals surface area contributed by atoms with E-state index >= 15 is 0 Å². The number of carbonyl (C=O) groups is 2. The summed E-state index contributed by atoms with van der Waals surface area (Å²) >= 11 is 0. The predicted octanol–water partition coefficient (Wildman–Crippen LogP) is 4.44. The Balaban J connectivity index is 1.56. The zero-order chi connectivity index (χ0) is 28.8. The van der Waals surface area contributed by atoms with Crippen LogP contribution in [0.25, 0.3) is 10.9 Å². The molecule has 0 radical (unpaired) electrons. The van der Waals surface area contributed by atoms with Crippen molar-refractivity contribution in [2.75, 3.05) is 27.8 Å². The zero-order valence-corrected chi connectivity index (χ0v) is 22.9. The maximum absolute atomic E-state index is 13.7. The molecule has 1 unspecified atom stereocenters. The van der Waals surface area contributed by atoms with E-state index in [4.69, 9.17) is 9.47 Å². The van der Waals surface area contributed by atoms with Crippen LogP contribution in [0.2, 0.25) is 0 Å². The number of H-pyrrole nitrogens is 1. The molecule has 40 heavy (non-hydrogen) atoms. The molecule has 4 aromatic rings. The van der Waals surface area contributed by atoms with Gasteiger partial charge >= 0.3 is 0 Å². The molecule has 3 aromatic carbocycles. The van der Waals surface area contributed by atoms with Crippen LogP contribution in [0.5, 0.6) is 11.5 Å². The number of rotatable bonds is 11. The molecule has 208 valence electrons. The highest BCUT2D eigenvalue weighted by Crippen LogP contribution is 2.28. The predicted molar refractivity (Wildman–Crippen MR) is 152 cm³/mol. The molecule has 2 N–H and O–H groups in total. The lowest BCUT2D eigenvalue weighted by Crippen LogP contribution is -2.49. The van der Waals surface area contributed by atoms with Gasteiger partial charge in [0.2, 0.25) is 5.91 Å². The fraction of sp³-hybridized carbons (Fsp3) is 0.267. The van der Waals surface area contributed by atoms with Crippen molar-refractivity contribution in [1.29, 1.82) is 0 Å². The summed E-state index contributed by atoms with van der Waals surface area (Å²) in [5.41, 5.74) is 3.16. The van der Waals surface area contributed by atoms with Gasteiger partial charge in [-0.15, -0.1) is 0 Å². The quantitative estimate of drug-likeness (QED) is 0.212. The highest BCUT2D eigenvalue weighted by Gasteiger charge is 2.27. The molecular weight excluding hydrogens is 512 g/mol. The van der Waals surface area contributed by atoms with Crippen LogP contribution in [0, 0.1) is 17.0 Å². The molecular formula is C30H32N4O6. The fourth-order valence-corrected chi connectivity index (χ4v) is 4.62. The number of amides is 2. The first-order valence-corrected chi connectivity index (χ1v) is 12.8. The van der Waals surface area contributed by atoms with E-state index < -0.39 is 16.9 Å². The summed E-state index contributed by atoms with van der Waals surface area (Å²) in [5.74, 6) is 0.384. The van der Waals surface area contributed by atoms with Crippen molar-refractivity contribution in [1.82, 2.24) is 15.2 Å². The van der Waals surface area contributed by atoms with Gasteiger partial charge in [0, 0.05) is 54.3 Å². The minimum absolute atomic E-state index is 0.113. The Morgan fingerprint density at radius 1 is 1.05 bits per heavy atom. The number of aromatic nitrogens is 1. The first-order chi connectivity index (χ1) is 19.2. The monoisotopic (exact) mass is 544 g/mol. The Kier molecular flexibility index (Phi) is 8.68. The number of para-hydroxylation sites is 1. The molecule has 0 aliphatic carbocycles. The topological polar surface area (TPSA) is 127 Å². The number of nitro groups is 1. The smallest absolute Gasteiger partial charge is 0.273 e. The summed E-state index contributed by atoms with van der Waals surface area (Å²) in [6, 6.07) is 16.7.